The quantitative estimate of drug-likeness (QED) is 0.284. The predicted molar refractivity (Wildman–Crippen MR) is 28.5 cm³/mol. The Labute approximate surface area is 56.5 Å². The molecule has 1 fully saturated rings. The van der Waals surface area contributed by atoms with E-state index in [-0.39, 0.29) is 19.3 Å². The summed E-state index contributed by atoms with van der Waals surface area (Å²) in [4.78, 5) is 35.0. The summed E-state index contributed by atoms with van der Waals surface area (Å²) in [6.45, 7) is 0.0567. The van der Waals surface area contributed by atoms with Crippen molar-refractivity contribution in [3.63, 3.8) is 0 Å². The van der Waals surface area contributed by atoms with Gasteiger partial charge in [0.05, 0.1) is 12.8 Å². The van der Waals surface area contributed by atoms with E-state index in [2.05, 4.69) is 4.84 Å². The van der Waals surface area contributed by atoms with E-state index >= 15 is 0 Å². The average molecular weight is 143 g/mol. The maximum atomic E-state index is 10.6. The van der Waals surface area contributed by atoms with Gasteiger partial charge in [0, 0.05) is 0 Å². The van der Waals surface area contributed by atoms with Gasteiger partial charge >= 0.3 is 18.3 Å². The molecule has 0 bridgehead atoms. The van der Waals surface area contributed by atoms with Crippen LogP contribution < -0.4 is 5.06 Å². The van der Waals surface area contributed by atoms with Crippen LogP contribution in [0, 0.1) is 0 Å². The molecule has 2 amide bonds. The van der Waals surface area contributed by atoms with E-state index in [4.69, 9.17) is 0 Å². The van der Waals surface area contributed by atoms with E-state index in [0.717, 1.165) is 0 Å². The molecule has 1 radical (unpaired) electrons. The molecule has 0 aromatic heterocycles. The molecule has 53 valence electrons. The molecule has 0 N–H and O–H groups in total. The normalized spacial score (nSPS) is 19.6. The first-order valence-corrected chi connectivity index (χ1v) is 2.72. The summed E-state index contributed by atoms with van der Waals surface area (Å²) in [6.07, 6.45) is 0.263. The van der Waals surface area contributed by atoms with Crippen LogP contribution in [0.25, 0.3) is 0 Å². The largest absolute Gasteiger partial charge is 0.418 e. The van der Waals surface area contributed by atoms with Crippen molar-refractivity contribution in [3.05, 3.63) is 0 Å². The highest BCUT2D eigenvalue weighted by atomic mass is 16.7. The van der Waals surface area contributed by atoms with Crippen LogP contribution in [0.2, 0.25) is 0 Å². The molecule has 0 unspecified atom stereocenters. The molecule has 10 heavy (non-hydrogen) atoms. The summed E-state index contributed by atoms with van der Waals surface area (Å²) in [5.74, 6) is -0.922. The number of hydroxylamine groups is 2. The first-order chi connectivity index (χ1) is 4.75. The fraction of sp³-hybridized carbons (Fsp3) is 0.400. The first kappa shape index (κ1) is 6.88. The summed E-state index contributed by atoms with van der Waals surface area (Å²) < 4.78 is 0. The second kappa shape index (κ2) is 2.57. The molecule has 0 spiro atoms. The molecule has 0 atom stereocenters. The lowest BCUT2D eigenvalue weighted by atomic mass is 10.4. The summed E-state index contributed by atoms with van der Waals surface area (Å²) in [6, 6.07) is 0. The van der Waals surface area contributed by atoms with Crippen molar-refractivity contribution in [2.75, 3.05) is 0 Å². The standard InChI is InChI=1S/C5H5NO4/c7-3-10-6-4(8)1-2-5(6)9/h3H,1-2H2/q+1. The van der Waals surface area contributed by atoms with Crippen molar-refractivity contribution >= 4 is 18.3 Å². The molecule has 5 nitrogen and oxygen atoms in total. The number of carbonyl (C=O) groups is 3. The van der Waals surface area contributed by atoms with Crippen LogP contribution in [0.4, 0.5) is 0 Å². The number of amides is 2. The Morgan fingerprint density at radius 3 is 2.20 bits per heavy atom. The third-order valence-corrected chi connectivity index (χ3v) is 1.15. The molecule has 1 aliphatic rings. The zero-order valence-electron chi connectivity index (χ0n) is 5.07. The van der Waals surface area contributed by atoms with Crippen molar-refractivity contribution in [3.8, 4) is 0 Å². The van der Waals surface area contributed by atoms with Crippen molar-refractivity contribution in [1.82, 2.24) is 5.06 Å². The fourth-order valence-corrected chi connectivity index (χ4v) is 0.717. The molecule has 1 rings (SSSR count). The lowest BCUT2D eigenvalue weighted by molar-refractivity contribution is -0.168. The second-order valence-corrected chi connectivity index (χ2v) is 1.78. The van der Waals surface area contributed by atoms with E-state index in [0.29, 0.717) is 5.06 Å². The van der Waals surface area contributed by atoms with E-state index < -0.39 is 11.8 Å². The Balaban J connectivity index is 2.62. The van der Waals surface area contributed by atoms with Gasteiger partial charge in [0.1, 0.15) is 0 Å². The Bertz CT molecular complexity index is 172. The van der Waals surface area contributed by atoms with Crippen molar-refractivity contribution in [2.24, 2.45) is 0 Å². The maximum Gasteiger partial charge on any atom is 0.418 e. The lowest BCUT2D eigenvalue weighted by Gasteiger charge is -1.88. The minimum atomic E-state index is -0.461. The Morgan fingerprint density at radius 2 is 1.80 bits per heavy atom. The zero-order chi connectivity index (χ0) is 7.56. The molecule has 1 heterocycles. The molecule has 0 aromatic rings. The number of rotatable bonds is 2. The van der Waals surface area contributed by atoms with Crippen LogP contribution in [-0.2, 0) is 19.2 Å². The van der Waals surface area contributed by atoms with Crippen LogP contribution in [0.3, 0.4) is 0 Å². The van der Waals surface area contributed by atoms with Crippen LogP contribution in [0.15, 0.2) is 0 Å². The molecule has 5 heteroatoms. The summed E-state index contributed by atoms with van der Waals surface area (Å²) in [5.41, 5.74) is 0. The van der Waals surface area contributed by atoms with Gasteiger partial charge in [-0.1, -0.05) is 0 Å². The van der Waals surface area contributed by atoms with Crippen molar-refractivity contribution in [2.45, 2.75) is 12.8 Å². The van der Waals surface area contributed by atoms with Gasteiger partial charge in [-0.15, -0.1) is 0 Å². The third-order valence-electron chi connectivity index (χ3n) is 1.15. The van der Waals surface area contributed by atoms with Crippen LogP contribution in [0.1, 0.15) is 12.8 Å². The highest BCUT2D eigenvalue weighted by molar-refractivity contribution is 6.04. The van der Waals surface area contributed by atoms with E-state index in [1.165, 1.54) is 0 Å². The summed E-state index contributed by atoms with van der Waals surface area (Å²) >= 11 is 0. The Morgan fingerprint density at radius 1 is 1.30 bits per heavy atom. The maximum absolute atomic E-state index is 10.6. The van der Waals surface area contributed by atoms with E-state index in [1.54, 1.807) is 0 Å². The van der Waals surface area contributed by atoms with Crippen LogP contribution >= 0.6 is 0 Å². The molecule has 0 saturated carbocycles. The zero-order valence-corrected chi connectivity index (χ0v) is 5.07. The van der Waals surface area contributed by atoms with Crippen molar-refractivity contribution in [1.29, 1.82) is 0 Å². The topological polar surface area (TPSA) is 66.3 Å². The molecule has 1 aliphatic heterocycles. The van der Waals surface area contributed by atoms with Crippen molar-refractivity contribution < 1.29 is 19.2 Å². The molecule has 0 aromatic carbocycles. The molecular weight excluding hydrogens is 138 g/mol. The fourth-order valence-electron chi connectivity index (χ4n) is 0.717. The van der Waals surface area contributed by atoms with Gasteiger partial charge in [0.15, 0.2) is 5.06 Å². The molecule has 1 saturated heterocycles. The highest BCUT2D eigenvalue weighted by Crippen LogP contribution is 2.07. The monoisotopic (exact) mass is 143 g/mol. The highest BCUT2D eigenvalue weighted by Gasteiger charge is 2.46. The average Bonchev–Trinajstić information content (AvgIpc) is 2.20. The number of carbonyl (C=O) groups excluding carboxylic acids is 3. The van der Waals surface area contributed by atoms with Gasteiger partial charge in [-0.3, -0.25) is 0 Å². The number of hydrogen-bond donors (Lipinski definition) is 0. The van der Waals surface area contributed by atoms with Gasteiger partial charge in [0.2, 0.25) is 0 Å². The lowest BCUT2D eigenvalue weighted by Crippen LogP contribution is -2.34. The predicted octanol–water partition coefficient (Wildman–Crippen LogP) is -0.939. The van der Waals surface area contributed by atoms with E-state index in [9.17, 15) is 14.4 Å². The third kappa shape index (κ3) is 1.03. The first-order valence-electron chi connectivity index (χ1n) is 2.72. The Hall–Kier alpha value is -1.23. The molecular formula is C5H5NO4+. The minimum absolute atomic E-state index is 0.0567. The van der Waals surface area contributed by atoms with Gasteiger partial charge in [-0.05, 0) is 0 Å². The smallest absolute Gasteiger partial charge is 0.249 e. The number of imide groups is 1. The van der Waals surface area contributed by atoms with Gasteiger partial charge in [-0.2, -0.15) is 0 Å². The van der Waals surface area contributed by atoms with Crippen LogP contribution in [0.5, 0.6) is 0 Å². The Kier molecular flexibility index (Phi) is 1.77. The summed E-state index contributed by atoms with van der Waals surface area (Å²) in [5, 5.41) is 0.479. The number of nitrogens with zero attached hydrogens (tertiary/aromatic N) is 1. The van der Waals surface area contributed by atoms with Gasteiger partial charge in [0.25, 0.3) is 0 Å². The number of hydrogen-bond acceptors (Lipinski definition) is 4. The molecule has 0 aliphatic carbocycles. The van der Waals surface area contributed by atoms with Crippen LogP contribution in [-0.4, -0.2) is 18.3 Å². The van der Waals surface area contributed by atoms with Gasteiger partial charge < -0.3 is 0 Å². The van der Waals surface area contributed by atoms with Gasteiger partial charge in [-0.25, -0.2) is 19.2 Å². The summed E-state index contributed by atoms with van der Waals surface area (Å²) in [7, 11) is 0. The SMILES string of the molecule is O=CO[N+]1C(=O)CCC1=O. The minimum Gasteiger partial charge on any atom is -0.249 e. The second-order valence-electron chi connectivity index (χ2n) is 1.78. The van der Waals surface area contributed by atoms with E-state index in [1.807, 2.05) is 0 Å².